The van der Waals surface area contributed by atoms with Gasteiger partial charge in [-0.2, -0.15) is 0 Å². The normalized spacial score (nSPS) is 30.8. The molecule has 3 atom stereocenters. The van der Waals surface area contributed by atoms with Crippen molar-refractivity contribution >= 4 is 17.4 Å². The van der Waals surface area contributed by atoms with Crippen LogP contribution in [0.5, 0.6) is 0 Å². The van der Waals surface area contributed by atoms with Crippen molar-refractivity contribution in [2.75, 3.05) is 18.0 Å². The molecule has 0 aromatic carbocycles. The summed E-state index contributed by atoms with van der Waals surface area (Å²) < 4.78 is 0. The Morgan fingerprint density at radius 2 is 2.17 bits per heavy atom. The first-order valence-corrected chi connectivity index (χ1v) is 6.61. The molecule has 0 spiro atoms. The van der Waals surface area contributed by atoms with Gasteiger partial charge in [-0.3, -0.25) is 0 Å². The Hall–Kier alpha value is -0.910. The zero-order valence-corrected chi connectivity index (χ0v) is 10.7. The molecule has 1 saturated heterocycles. The van der Waals surface area contributed by atoms with E-state index >= 15 is 0 Å². The number of anilines is 1. The Morgan fingerprint density at radius 1 is 1.33 bits per heavy atom. The second kappa shape index (κ2) is 4.64. The zero-order valence-electron chi connectivity index (χ0n) is 9.96. The van der Waals surface area contributed by atoms with Crippen LogP contribution >= 0.6 is 11.6 Å². The average Bonchev–Trinajstić information content (AvgIpc) is 2.92. The lowest BCUT2D eigenvalue weighted by Crippen LogP contribution is -2.26. The van der Waals surface area contributed by atoms with E-state index in [0.717, 1.165) is 25.9 Å². The fraction of sp³-hybridized carbons (Fsp3) is 0.667. The molecule has 2 aliphatic rings. The Kier molecular flexibility index (Phi) is 3.13. The summed E-state index contributed by atoms with van der Waals surface area (Å²) in [5.74, 6) is 1.56. The lowest BCUT2D eigenvalue weighted by molar-refractivity contribution is 0.133. The molecule has 1 aromatic heterocycles. The molecule has 3 rings (SSSR count). The van der Waals surface area contributed by atoms with Crippen LogP contribution in [0, 0.1) is 11.8 Å². The largest absolute Gasteiger partial charge is 0.393 e. The number of hydrogen-bond acceptors (Lipinski definition) is 5. The van der Waals surface area contributed by atoms with Gasteiger partial charge in [0.25, 0.3) is 0 Å². The quantitative estimate of drug-likeness (QED) is 0.779. The highest BCUT2D eigenvalue weighted by Crippen LogP contribution is 2.40. The number of aliphatic hydroxyl groups excluding tert-OH is 2. The van der Waals surface area contributed by atoms with Gasteiger partial charge in [-0.25, -0.2) is 9.97 Å². The van der Waals surface area contributed by atoms with E-state index in [4.69, 9.17) is 11.6 Å². The number of halogens is 1. The summed E-state index contributed by atoms with van der Waals surface area (Å²) in [6, 6.07) is 0. The number of hydrogen-bond donors (Lipinski definition) is 2. The van der Waals surface area contributed by atoms with Crippen LogP contribution in [0.15, 0.2) is 6.33 Å². The highest BCUT2D eigenvalue weighted by molar-refractivity contribution is 6.30. The third-order valence-corrected chi connectivity index (χ3v) is 4.47. The number of rotatable bonds is 2. The van der Waals surface area contributed by atoms with Crippen LogP contribution in [0.2, 0.25) is 5.15 Å². The molecule has 5 nitrogen and oxygen atoms in total. The molecule has 1 aliphatic heterocycles. The molecular weight excluding hydrogens is 254 g/mol. The molecule has 0 radical (unpaired) electrons. The molecular formula is C12H16ClN3O2. The van der Waals surface area contributed by atoms with Gasteiger partial charge in [0.1, 0.15) is 17.3 Å². The van der Waals surface area contributed by atoms with Gasteiger partial charge in [-0.1, -0.05) is 11.6 Å². The first-order chi connectivity index (χ1) is 8.70. The van der Waals surface area contributed by atoms with Crippen molar-refractivity contribution < 1.29 is 10.2 Å². The average molecular weight is 270 g/mol. The van der Waals surface area contributed by atoms with Gasteiger partial charge in [0.2, 0.25) is 0 Å². The number of nitrogens with zero attached hydrogens (tertiary/aromatic N) is 3. The zero-order chi connectivity index (χ0) is 12.7. The van der Waals surface area contributed by atoms with Crippen molar-refractivity contribution in [1.82, 2.24) is 9.97 Å². The van der Waals surface area contributed by atoms with Crippen molar-refractivity contribution in [2.45, 2.75) is 25.6 Å². The number of fused-ring (bicyclic) bond motifs is 1. The fourth-order valence-corrected chi connectivity index (χ4v) is 3.39. The summed E-state index contributed by atoms with van der Waals surface area (Å²) in [6.45, 7) is 1.50. The van der Waals surface area contributed by atoms with Crippen molar-refractivity contribution in [3.8, 4) is 0 Å². The molecule has 3 unspecified atom stereocenters. The molecule has 1 aromatic rings. The van der Waals surface area contributed by atoms with Gasteiger partial charge in [0.05, 0.1) is 18.3 Å². The third kappa shape index (κ3) is 1.86. The summed E-state index contributed by atoms with van der Waals surface area (Å²) >= 11 is 5.97. The predicted molar refractivity (Wildman–Crippen MR) is 67.4 cm³/mol. The molecule has 98 valence electrons. The van der Waals surface area contributed by atoms with E-state index in [1.165, 1.54) is 6.33 Å². The van der Waals surface area contributed by atoms with Gasteiger partial charge in [-0.05, 0) is 18.8 Å². The van der Waals surface area contributed by atoms with Crippen LogP contribution in [0.4, 0.5) is 5.82 Å². The summed E-state index contributed by atoms with van der Waals surface area (Å²) in [4.78, 5) is 10.2. The van der Waals surface area contributed by atoms with E-state index < -0.39 is 0 Å². The van der Waals surface area contributed by atoms with Crippen molar-refractivity contribution in [1.29, 1.82) is 0 Å². The van der Waals surface area contributed by atoms with Crippen LogP contribution in [0.3, 0.4) is 0 Å². The monoisotopic (exact) mass is 269 g/mol. The predicted octanol–water partition coefficient (Wildman–Crippen LogP) is 0.829. The Balaban J connectivity index is 1.87. The van der Waals surface area contributed by atoms with E-state index in [1.54, 1.807) is 0 Å². The van der Waals surface area contributed by atoms with E-state index in [9.17, 15) is 10.2 Å². The lowest BCUT2D eigenvalue weighted by Gasteiger charge is -2.21. The molecule has 0 amide bonds. The Morgan fingerprint density at radius 3 is 2.89 bits per heavy atom. The topological polar surface area (TPSA) is 69.5 Å². The van der Waals surface area contributed by atoms with Crippen LogP contribution in [0.25, 0.3) is 0 Å². The van der Waals surface area contributed by atoms with Crippen LogP contribution in [0.1, 0.15) is 18.4 Å². The van der Waals surface area contributed by atoms with Crippen molar-refractivity contribution in [3.63, 3.8) is 0 Å². The number of aromatic nitrogens is 2. The van der Waals surface area contributed by atoms with Gasteiger partial charge >= 0.3 is 0 Å². The molecule has 2 fully saturated rings. The fourth-order valence-electron chi connectivity index (χ4n) is 3.20. The number of aliphatic hydroxyl groups is 2. The maximum Gasteiger partial charge on any atom is 0.140 e. The molecule has 6 heteroatoms. The molecule has 1 aliphatic carbocycles. The van der Waals surface area contributed by atoms with Crippen molar-refractivity contribution in [2.24, 2.45) is 11.8 Å². The minimum absolute atomic E-state index is 0.163. The van der Waals surface area contributed by atoms with Gasteiger partial charge in [0, 0.05) is 19.0 Å². The molecule has 2 heterocycles. The Bertz CT molecular complexity index is 457. The highest BCUT2D eigenvalue weighted by Gasteiger charge is 2.42. The van der Waals surface area contributed by atoms with Crippen molar-refractivity contribution in [3.05, 3.63) is 17.0 Å². The van der Waals surface area contributed by atoms with E-state index in [1.807, 2.05) is 0 Å². The minimum Gasteiger partial charge on any atom is -0.393 e. The van der Waals surface area contributed by atoms with E-state index in [2.05, 4.69) is 14.9 Å². The summed E-state index contributed by atoms with van der Waals surface area (Å²) in [7, 11) is 0. The van der Waals surface area contributed by atoms with Gasteiger partial charge < -0.3 is 15.1 Å². The Labute approximate surface area is 110 Å². The van der Waals surface area contributed by atoms with Crippen LogP contribution < -0.4 is 4.90 Å². The standard InChI is InChI=1S/C12H16ClN3O2/c13-11-9(5-17)12(15-6-14-11)16-3-7-1-2-10(18)8(7)4-16/h6-8,10,17-18H,1-5H2. The maximum absolute atomic E-state index is 9.91. The van der Waals surface area contributed by atoms with Gasteiger partial charge in [0.15, 0.2) is 0 Å². The van der Waals surface area contributed by atoms with E-state index in [-0.39, 0.29) is 12.7 Å². The van der Waals surface area contributed by atoms with Crippen LogP contribution in [-0.2, 0) is 6.61 Å². The minimum atomic E-state index is -0.199. The SMILES string of the molecule is OCc1c(Cl)ncnc1N1CC2CCC(O)C2C1. The lowest BCUT2D eigenvalue weighted by atomic mass is 10.00. The summed E-state index contributed by atoms with van der Waals surface area (Å²) in [5.41, 5.74) is 0.577. The molecule has 18 heavy (non-hydrogen) atoms. The summed E-state index contributed by atoms with van der Waals surface area (Å²) in [5, 5.41) is 19.6. The second-order valence-corrected chi connectivity index (χ2v) is 5.46. The van der Waals surface area contributed by atoms with Gasteiger partial charge in [-0.15, -0.1) is 0 Å². The van der Waals surface area contributed by atoms with Crippen LogP contribution in [-0.4, -0.2) is 39.4 Å². The maximum atomic E-state index is 9.91. The van der Waals surface area contributed by atoms with E-state index in [0.29, 0.717) is 28.4 Å². The first kappa shape index (κ1) is 12.1. The molecule has 0 bridgehead atoms. The summed E-state index contributed by atoms with van der Waals surface area (Å²) in [6.07, 6.45) is 3.19. The smallest absolute Gasteiger partial charge is 0.140 e. The molecule has 2 N–H and O–H groups in total. The highest BCUT2D eigenvalue weighted by atomic mass is 35.5. The second-order valence-electron chi connectivity index (χ2n) is 5.10. The molecule has 1 saturated carbocycles. The third-order valence-electron chi connectivity index (χ3n) is 4.15. The first-order valence-electron chi connectivity index (χ1n) is 6.24.